The van der Waals surface area contributed by atoms with Gasteiger partial charge in [0.05, 0.1) is 28.8 Å². The third-order valence-corrected chi connectivity index (χ3v) is 8.46. The van der Waals surface area contributed by atoms with Crippen molar-refractivity contribution in [1.82, 2.24) is 14.5 Å². The van der Waals surface area contributed by atoms with Gasteiger partial charge >= 0.3 is 18.2 Å². The van der Waals surface area contributed by atoms with Crippen LogP contribution >= 0.6 is 0 Å². The second-order valence-electron chi connectivity index (χ2n) is 12.2. The molecule has 4 amide bonds. The van der Waals surface area contributed by atoms with Crippen LogP contribution in [0, 0.1) is 20.8 Å². The first-order valence-corrected chi connectivity index (χ1v) is 15.9. The number of amides is 4. The molecule has 0 atom stereocenters. The summed E-state index contributed by atoms with van der Waals surface area (Å²) in [5.74, 6) is -2.03. The van der Waals surface area contributed by atoms with Crippen molar-refractivity contribution >= 4 is 58.2 Å². The molecule has 0 fully saturated rings. The summed E-state index contributed by atoms with van der Waals surface area (Å²) in [5, 5.41) is 19.8. The van der Waals surface area contributed by atoms with Gasteiger partial charge in [0, 0.05) is 57.9 Å². The molecular weight excluding hydrogens is 679 g/mol. The minimum Gasteiger partial charge on any atom is -0.481 e. The Balaban J connectivity index is 1.13. The van der Waals surface area contributed by atoms with Crippen molar-refractivity contribution in [3.8, 4) is 5.69 Å². The van der Waals surface area contributed by atoms with E-state index in [2.05, 4.69) is 31.2 Å². The second-order valence-corrected chi connectivity index (χ2v) is 12.2. The number of hydrogen-bond donors (Lipinski definition) is 6. The number of carbonyl (C=O) groups is 4. The Kier molecular flexibility index (Phi) is 9.43. The van der Waals surface area contributed by atoms with E-state index in [9.17, 15) is 32.3 Å². The van der Waals surface area contributed by atoms with Crippen molar-refractivity contribution in [2.75, 3.05) is 21.3 Å². The minimum atomic E-state index is -4.70. The number of carbonyl (C=O) groups excluding carboxylic acids is 3. The predicted octanol–water partition coefficient (Wildman–Crippen LogP) is 7.55. The quantitative estimate of drug-likeness (QED) is 0.0863. The number of hydrogen-bond acceptors (Lipinski definition) is 5. The Hall–Kier alpha value is -6.64. The summed E-state index contributed by atoms with van der Waals surface area (Å²) in [6.45, 7) is 5.41. The van der Waals surface area contributed by atoms with Crippen molar-refractivity contribution in [3.05, 3.63) is 118 Å². The van der Waals surface area contributed by atoms with Crippen LogP contribution in [-0.2, 0) is 22.2 Å². The number of nitrogens with one attached hydrogen (secondary N) is 5. The highest BCUT2D eigenvalue weighted by atomic mass is 19.4. The molecule has 12 nitrogen and oxygen atoms in total. The Labute approximate surface area is 294 Å². The summed E-state index contributed by atoms with van der Waals surface area (Å²) in [5.41, 5.74) is 5.12. The Morgan fingerprint density at radius 1 is 0.942 bits per heavy atom. The number of carboxylic acid groups (broad SMARTS) is 1. The standard InChI is InChI=1S/C37H32F3N7O5/c1-19-17-47(18-41-19)27-12-22(11-23(13-27)37(38,39)40)34(50)43-24-5-4-6-25(14-24)44-36(52)45-26-7-8-29-30(35(51)46-32(29)15-26)16-31-20(2)28(21(3)42-31)9-10-33(48)49/h4-8,11-18,42H,9-10H2,1-3H3,(H,43,50)(H,46,51)(H,48,49)(H2,44,45,52). The zero-order chi connectivity index (χ0) is 37.3. The average Bonchev–Trinajstić information content (AvgIpc) is 3.73. The third-order valence-electron chi connectivity index (χ3n) is 8.46. The van der Waals surface area contributed by atoms with Crippen molar-refractivity contribution in [2.24, 2.45) is 0 Å². The highest BCUT2D eigenvalue weighted by Crippen LogP contribution is 2.36. The van der Waals surface area contributed by atoms with Gasteiger partial charge in [-0.25, -0.2) is 9.78 Å². The molecule has 0 spiro atoms. The average molecular weight is 712 g/mol. The zero-order valence-corrected chi connectivity index (χ0v) is 28.0. The molecule has 2 aromatic heterocycles. The van der Waals surface area contributed by atoms with E-state index in [4.69, 9.17) is 5.11 Å². The predicted molar refractivity (Wildman–Crippen MR) is 190 cm³/mol. The van der Waals surface area contributed by atoms with Crippen LogP contribution in [0.3, 0.4) is 0 Å². The fourth-order valence-corrected chi connectivity index (χ4v) is 5.91. The Morgan fingerprint density at radius 2 is 1.65 bits per heavy atom. The number of alkyl halides is 3. The fourth-order valence-electron chi connectivity index (χ4n) is 5.91. The monoisotopic (exact) mass is 711 g/mol. The van der Waals surface area contributed by atoms with Crippen molar-refractivity contribution < 1.29 is 37.5 Å². The van der Waals surface area contributed by atoms with Crippen LogP contribution in [0.25, 0.3) is 17.3 Å². The molecule has 52 heavy (non-hydrogen) atoms. The summed E-state index contributed by atoms with van der Waals surface area (Å²) in [6, 6.07) is 13.4. The molecule has 0 aliphatic carbocycles. The summed E-state index contributed by atoms with van der Waals surface area (Å²) in [6.07, 6.45) is 0.266. The van der Waals surface area contributed by atoms with E-state index in [0.717, 1.165) is 29.0 Å². The highest BCUT2D eigenvalue weighted by molar-refractivity contribution is 6.35. The van der Waals surface area contributed by atoms with E-state index < -0.39 is 29.6 Å². The minimum absolute atomic E-state index is 0.0118. The maximum Gasteiger partial charge on any atom is 0.416 e. The molecule has 3 heterocycles. The molecule has 0 unspecified atom stereocenters. The van der Waals surface area contributed by atoms with Crippen LogP contribution in [-0.4, -0.2) is 43.5 Å². The molecule has 15 heteroatoms. The molecule has 0 bridgehead atoms. The lowest BCUT2D eigenvalue weighted by atomic mass is 10.0. The van der Waals surface area contributed by atoms with Crippen LogP contribution < -0.4 is 21.3 Å². The number of aromatic nitrogens is 3. The number of aryl methyl sites for hydroxylation is 2. The van der Waals surface area contributed by atoms with Crippen LogP contribution in [0.5, 0.6) is 0 Å². The molecule has 0 radical (unpaired) electrons. The number of urea groups is 1. The topological polar surface area (TPSA) is 170 Å². The molecule has 266 valence electrons. The normalized spacial score (nSPS) is 13.1. The van der Waals surface area contributed by atoms with Gasteiger partial charge in [0.2, 0.25) is 0 Å². The van der Waals surface area contributed by atoms with Gasteiger partial charge in [-0.1, -0.05) is 12.1 Å². The Morgan fingerprint density at radius 3 is 2.33 bits per heavy atom. The van der Waals surface area contributed by atoms with Gasteiger partial charge in [0.15, 0.2) is 0 Å². The Bertz CT molecular complexity index is 2290. The molecular formula is C37H32F3N7O5. The van der Waals surface area contributed by atoms with Gasteiger partial charge in [-0.15, -0.1) is 0 Å². The van der Waals surface area contributed by atoms with E-state index >= 15 is 0 Å². The van der Waals surface area contributed by atoms with E-state index in [1.54, 1.807) is 49.5 Å². The number of H-pyrrole nitrogens is 1. The molecule has 5 aromatic rings. The third kappa shape index (κ3) is 7.72. The zero-order valence-electron chi connectivity index (χ0n) is 28.0. The molecule has 6 rings (SSSR count). The van der Waals surface area contributed by atoms with Gasteiger partial charge in [-0.05, 0) is 92.9 Å². The number of aliphatic carboxylic acids is 1. The number of aromatic amines is 1. The molecule has 0 saturated heterocycles. The number of fused-ring (bicyclic) bond motifs is 1. The number of nitrogens with zero attached hydrogens (tertiary/aromatic N) is 2. The van der Waals surface area contributed by atoms with E-state index in [0.29, 0.717) is 40.3 Å². The van der Waals surface area contributed by atoms with E-state index in [1.165, 1.54) is 29.1 Å². The first-order chi connectivity index (χ1) is 24.6. The molecule has 1 aliphatic heterocycles. The van der Waals surface area contributed by atoms with Gasteiger partial charge in [0.1, 0.15) is 0 Å². The lowest BCUT2D eigenvalue weighted by Crippen LogP contribution is -2.20. The van der Waals surface area contributed by atoms with Gasteiger partial charge in [-0.2, -0.15) is 13.2 Å². The van der Waals surface area contributed by atoms with Gasteiger partial charge in [0.25, 0.3) is 11.8 Å². The first kappa shape index (κ1) is 35.2. The number of carboxylic acids is 1. The van der Waals surface area contributed by atoms with E-state index in [-0.39, 0.29) is 35.0 Å². The molecule has 1 aliphatic rings. The first-order valence-electron chi connectivity index (χ1n) is 15.9. The lowest BCUT2D eigenvalue weighted by molar-refractivity contribution is -0.138. The van der Waals surface area contributed by atoms with Crippen molar-refractivity contribution in [2.45, 2.75) is 39.8 Å². The lowest BCUT2D eigenvalue weighted by Gasteiger charge is -2.14. The van der Waals surface area contributed by atoms with Crippen molar-refractivity contribution in [3.63, 3.8) is 0 Å². The van der Waals surface area contributed by atoms with Crippen molar-refractivity contribution in [1.29, 1.82) is 0 Å². The number of anilines is 4. The number of imidazole rings is 1. The highest BCUT2D eigenvalue weighted by Gasteiger charge is 2.32. The molecule has 6 N–H and O–H groups in total. The summed E-state index contributed by atoms with van der Waals surface area (Å²) in [7, 11) is 0. The second kappa shape index (κ2) is 13.9. The number of rotatable bonds is 9. The maximum absolute atomic E-state index is 13.7. The largest absolute Gasteiger partial charge is 0.481 e. The van der Waals surface area contributed by atoms with Crippen LogP contribution in [0.4, 0.5) is 40.7 Å². The maximum atomic E-state index is 13.7. The summed E-state index contributed by atoms with van der Waals surface area (Å²) in [4.78, 5) is 57.3. The van der Waals surface area contributed by atoms with Crippen LogP contribution in [0.15, 0.2) is 73.2 Å². The van der Waals surface area contributed by atoms with Crippen LogP contribution in [0.1, 0.15) is 56.1 Å². The molecule has 3 aromatic carbocycles. The number of benzene rings is 3. The fraction of sp³-hybridized carbons (Fsp3) is 0.162. The van der Waals surface area contributed by atoms with Gasteiger partial charge in [-0.3, -0.25) is 14.4 Å². The summed E-state index contributed by atoms with van der Waals surface area (Å²) >= 11 is 0. The van der Waals surface area contributed by atoms with Gasteiger partial charge < -0.3 is 35.9 Å². The van der Waals surface area contributed by atoms with E-state index in [1.807, 2.05) is 13.8 Å². The smallest absolute Gasteiger partial charge is 0.416 e. The molecule has 0 saturated carbocycles. The van der Waals surface area contributed by atoms with Crippen LogP contribution in [0.2, 0.25) is 0 Å². The summed E-state index contributed by atoms with van der Waals surface area (Å²) < 4.78 is 42.5. The SMILES string of the molecule is Cc1cn(-c2cc(C(=O)Nc3cccc(NC(=O)Nc4ccc5c(c4)NC(=O)C5=Cc4[nH]c(C)c(CCC(=O)O)c4C)c3)cc(C(F)(F)F)c2)cn1. The number of halogens is 3.